The minimum atomic E-state index is 0.422. The molecule has 0 saturated carbocycles. The standard InChI is InChI=1S/C17H17ClN2S/c18-10-8-17-19-13-4-1-2-5-15(13)20(17)14-6-3-7-16-12(14)9-11-21-16/h1-2,4-5,9,11,14H,3,6-8,10H2. The molecule has 1 atom stereocenters. The van der Waals surface area contributed by atoms with E-state index in [-0.39, 0.29) is 0 Å². The number of imidazole rings is 1. The number of halogens is 1. The molecule has 1 aliphatic carbocycles. The van der Waals surface area contributed by atoms with Crippen molar-refractivity contribution in [3.8, 4) is 0 Å². The van der Waals surface area contributed by atoms with E-state index >= 15 is 0 Å². The van der Waals surface area contributed by atoms with Crippen molar-refractivity contribution in [3.63, 3.8) is 0 Å². The molecule has 21 heavy (non-hydrogen) atoms. The number of aryl methyl sites for hydroxylation is 2. The van der Waals surface area contributed by atoms with Gasteiger partial charge in [0.15, 0.2) is 0 Å². The van der Waals surface area contributed by atoms with Crippen LogP contribution in [0, 0.1) is 0 Å². The van der Waals surface area contributed by atoms with E-state index in [1.807, 2.05) is 11.3 Å². The summed E-state index contributed by atoms with van der Waals surface area (Å²) in [4.78, 5) is 6.36. The highest BCUT2D eigenvalue weighted by molar-refractivity contribution is 7.10. The highest BCUT2D eigenvalue weighted by Gasteiger charge is 2.26. The highest BCUT2D eigenvalue weighted by Crippen LogP contribution is 2.38. The van der Waals surface area contributed by atoms with E-state index in [1.165, 1.54) is 30.3 Å². The molecule has 1 unspecified atom stereocenters. The molecular weight excluding hydrogens is 300 g/mol. The largest absolute Gasteiger partial charge is 0.320 e. The Morgan fingerprint density at radius 1 is 1.29 bits per heavy atom. The van der Waals surface area contributed by atoms with Gasteiger partial charge in [-0.1, -0.05) is 12.1 Å². The Balaban J connectivity index is 1.92. The first-order chi connectivity index (χ1) is 10.4. The zero-order chi connectivity index (χ0) is 14.2. The van der Waals surface area contributed by atoms with Crippen molar-refractivity contribution >= 4 is 34.0 Å². The minimum absolute atomic E-state index is 0.422. The molecule has 108 valence electrons. The van der Waals surface area contributed by atoms with Crippen molar-refractivity contribution < 1.29 is 0 Å². The number of fused-ring (bicyclic) bond motifs is 2. The monoisotopic (exact) mass is 316 g/mol. The Kier molecular flexibility index (Phi) is 3.48. The lowest BCUT2D eigenvalue weighted by molar-refractivity contribution is 0.491. The van der Waals surface area contributed by atoms with Gasteiger partial charge in [-0.2, -0.15) is 0 Å². The third kappa shape index (κ3) is 2.19. The first kappa shape index (κ1) is 13.4. The third-order valence-electron chi connectivity index (χ3n) is 4.32. The number of thiophene rings is 1. The molecule has 0 bridgehead atoms. The van der Waals surface area contributed by atoms with Crippen LogP contribution in [0.5, 0.6) is 0 Å². The number of hydrogen-bond acceptors (Lipinski definition) is 2. The van der Waals surface area contributed by atoms with Crippen LogP contribution < -0.4 is 0 Å². The molecule has 0 N–H and O–H groups in total. The van der Waals surface area contributed by atoms with Crippen molar-refractivity contribution in [1.29, 1.82) is 0 Å². The molecule has 2 aromatic heterocycles. The third-order valence-corrected chi connectivity index (χ3v) is 5.50. The predicted octanol–water partition coefficient (Wildman–Crippen LogP) is 4.80. The summed E-state index contributed by atoms with van der Waals surface area (Å²) < 4.78 is 2.43. The van der Waals surface area contributed by atoms with Crippen LogP contribution in [0.25, 0.3) is 11.0 Å². The molecule has 2 nitrogen and oxygen atoms in total. The van der Waals surface area contributed by atoms with Crippen LogP contribution in [0.15, 0.2) is 35.7 Å². The van der Waals surface area contributed by atoms with Gasteiger partial charge >= 0.3 is 0 Å². The van der Waals surface area contributed by atoms with E-state index in [2.05, 4.69) is 40.3 Å². The molecule has 0 fully saturated rings. The number of para-hydroxylation sites is 2. The Morgan fingerprint density at radius 2 is 2.19 bits per heavy atom. The van der Waals surface area contributed by atoms with Crippen LogP contribution in [0.3, 0.4) is 0 Å². The van der Waals surface area contributed by atoms with Crippen LogP contribution in [-0.4, -0.2) is 15.4 Å². The Bertz CT molecular complexity index is 774. The fourth-order valence-electron chi connectivity index (χ4n) is 3.43. The normalized spacial score (nSPS) is 18.0. The quantitative estimate of drug-likeness (QED) is 0.634. The summed E-state index contributed by atoms with van der Waals surface area (Å²) in [5, 5.41) is 2.23. The summed E-state index contributed by atoms with van der Waals surface area (Å²) >= 11 is 7.89. The summed E-state index contributed by atoms with van der Waals surface area (Å²) in [6.45, 7) is 0. The van der Waals surface area contributed by atoms with E-state index in [1.54, 1.807) is 4.88 Å². The maximum atomic E-state index is 6.00. The SMILES string of the molecule is ClCCc1nc2ccccc2n1C1CCCc2sccc21. The summed E-state index contributed by atoms with van der Waals surface area (Å²) in [5.41, 5.74) is 3.81. The van der Waals surface area contributed by atoms with Gasteiger partial charge in [-0.05, 0) is 48.4 Å². The predicted molar refractivity (Wildman–Crippen MR) is 89.6 cm³/mol. The van der Waals surface area contributed by atoms with Crippen LogP contribution in [0.4, 0.5) is 0 Å². The smallest absolute Gasteiger partial charge is 0.111 e. The van der Waals surface area contributed by atoms with Gasteiger partial charge < -0.3 is 4.57 Å². The maximum Gasteiger partial charge on any atom is 0.111 e. The summed E-state index contributed by atoms with van der Waals surface area (Å²) in [6.07, 6.45) is 4.50. The molecule has 1 aromatic carbocycles. The number of hydrogen-bond donors (Lipinski definition) is 0. The number of alkyl halides is 1. The Hall–Kier alpha value is -1.32. The van der Waals surface area contributed by atoms with Crippen LogP contribution in [-0.2, 0) is 12.8 Å². The van der Waals surface area contributed by atoms with Crippen molar-refractivity contribution in [3.05, 3.63) is 52.0 Å². The lowest BCUT2D eigenvalue weighted by Crippen LogP contribution is -2.18. The minimum Gasteiger partial charge on any atom is -0.320 e. The molecule has 0 radical (unpaired) electrons. The van der Waals surface area contributed by atoms with Crippen LogP contribution in [0.1, 0.15) is 35.1 Å². The molecule has 2 heterocycles. The summed E-state index contributed by atoms with van der Waals surface area (Å²) in [6, 6.07) is 11.2. The number of nitrogens with zero attached hydrogens (tertiary/aromatic N) is 2. The van der Waals surface area contributed by atoms with Gasteiger partial charge in [0.2, 0.25) is 0 Å². The molecule has 3 aromatic rings. The van der Waals surface area contributed by atoms with Gasteiger partial charge in [-0.3, -0.25) is 0 Å². The molecule has 0 spiro atoms. The second-order valence-corrected chi connectivity index (χ2v) is 6.91. The fourth-order valence-corrected chi connectivity index (χ4v) is 4.58. The second-order valence-electron chi connectivity index (χ2n) is 5.53. The molecule has 0 aliphatic heterocycles. The summed E-state index contributed by atoms with van der Waals surface area (Å²) in [5.74, 6) is 1.74. The molecule has 4 rings (SSSR count). The van der Waals surface area contributed by atoms with Crippen molar-refractivity contribution in [1.82, 2.24) is 9.55 Å². The van der Waals surface area contributed by atoms with E-state index in [0.29, 0.717) is 11.9 Å². The number of benzene rings is 1. The van der Waals surface area contributed by atoms with Crippen molar-refractivity contribution in [2.24, 2.45) is 0 Å². The first-order valence-electron chi connectivity index (χ1n) is 7.46. The van der Waals surface area contributed by atoms with Crippen LogP contribution >= 0.6 is 22.9 Å². The molecule has 0 saturated heterocycles. The van der Waals surface area contributed by atoms with E-state index in [4.69, 9.17) is 16.6 Å². The van der Waals surface area contributed by atoms with Gasteiger partial charge in [-0.15, -0.1) is 22.9 Å². The van der Waals surface area contributed by atoms with Crippen LogP contribution in [0.2, 0.25) is 0 Å². The fraction of sp³-hybridized carbons (Fsp3) is 0.353. The highest BCUT2D eigenvalue weighted by atomic mass is 35.5. The Morgan fingerprint density at radius 3 is 3.10 bits per heavy atom. The average Bonchev–Trinajstić information content (AvgIpc) is 3.11. The summed E-state index contributed by atoms with van der Waals surface area (Å²) in [7, 11) is 0. The lowest BCUT2D eigenvalue weighted by Gasteiger charge is -2.26. The molecule has 4 heteroatoms. The zero-order valence-corrected chi connectivity index (χ0v) is 13.3. The van der Waals surface area contributed by atoms with E-state index in [0.717, 1.165) is 17.8 Å². The van der Waals surface area contributed by atoms with E-state index < -0.39 is 0 Å². The van der Waals surface area contributed by atoms with Gasteiger partial charge in [0, 0.05) is 17.2 Å². The van der Waals surface area contributed by atoms with E-state index in [9.17, 15) is 0 Å². The van der Waals surface area contributed by atoms with Gasteiger partial charge in [0.1, 0.15) is 5.82 Å². The number of rotatable bonds is 3. The number of aromatic nitrogens is 2. The molecule has 0 amide bonds. The lowest BCUT2D eigenvalue weighted by atomic mass is 9.93. The topological polar surface area (TPSA) is 17.8 Å². The van der Waals surface area contributed by atoms with Gasteiger partial charge in [0.05, 0.1) is 17.1 Å². The molecule has 1 aliphatic rings. The average molecular weight is 317 g/mol. The van der Waals surface area contributed by atoms with Crippen molar-refractivity contribution in [2.75, 3.05) is 5.88 Å². The maximum absolute atomic E-state index is 6.00. The molecular formula is C17H17ClN2S. The van der Waals surface area contributed by atoms with Gasteiger partial charge in [-0.25, -0.2) is 4.98 Å². The van der Waals surface area contributed by atoms with Gasteiger partial charge in [0.25, 0.3) is 0 Å². The first-order valence-corrected chi connectivity index (χ1v) is 8.88. The Labute approximate surface area is 133 Å². The van der Waals surface area contributed by atoms with Crippen molar-refractivity contribution in [2.45, 2.75) is 31.7 Å². The zero-order valence-electron chi connectivity index (χ0n) is 11.8. The second kappa shape index (κ2) is 5.47.